The van der Waals surface area contributed by atoms with E-state index in [4.69, 9.17) is 9.47 Å². The molecule has 0 amide bonds. The molecule has 0 aliphatic heterocycles. The van der Waals surface area contributed by atoms with Crippen LogP contribution in [-0.4, -0.2) is 52.7 Å². The molecule has 36 heavy (non-hydrogen) atoms. The van der Waals surface area contributed by atoms with Gasteiger partial charge in [-0.1, -0.05) is 26.3 Å². The van der Waals surface area contributed by atoms with Gasteiger partial charge in [-0.2, -0.15) is 12.6 Å². The van der Waals surface area contributed by atoms with Gasteiger partial charge in [0.15, 0.2) is 18.0 Å². The first-order valence-corrected chi connectivity index (χ1v) is 14.1. The Morgan fingerprint density at radius 2 is 1.86 bits per heavy atom. The van der Waals surface area contributed by atoms with Crippen LogP contribution in [0.3, 0.4) is 0 Å². The molecule has 4 aliphatic rings. The Labute approximate surface area is 219 Å². The van der Waals surface area contributed by atoms with Crippen LogP contribution < -0.4 is 0 Å². The maximum absolute atomic E-state index is 13.8. The lowest BCUT2D eigenvalue weighted by molar-refractivity contribution is -0.203. The van der Waals surface area contributed by atoms with Crippen molar-refractivity contribution in [2.45, 2.75) is 96.7 Å². The Morgan fingerprint density at radius 3 is 2.56 bits per heavy atom. The number of thiol groups is 1. The molecule has 0 aromatic carbocycles. The van der Waals surface area contributed by atoms with Gasteiger partial charge in [-0.25, -0.2) is 0 Å². The molecule has 3 saturated carbocycles. The molecule has 7 nitrogen and oxygen atoms in total. The largest absolute Gasteiger partial charge is 0.457 e. The van der Waals surface area contributed by atoms with Crippen molar-refractivity contribution >= 4 is 36.1 Å². The summed E-state index contributed by atoms with van der Waals surface area (Å²) in [5.74, 6) is -0.638. The third-order valence-corrected chi connectivity index (χ3v) is 10.1. The standard InChI is InChI=1S/C28H40O7S/c1-4-5-24(33)35-28(22(31)16-34-23(32)10-13-36)12-9-20-19-7-6-17-14-18(29)8-11-26(17,2)25(19)21(30)15-27(20,28)3/h14,19-21,25,30,36H,4-13,15-16H2,1-3H3/t19-,20-,21-,25+,26-,27-,28+/m0/s1. The van der Waals surface area contributed by atoms with Crippen LogP contribution in [0.2, 0.25) is 0 Å². The van der Waals surface area contributed by atoms with Crippen molar-refractivity contribution in [3.63, 3.8) is 0 Å². The molecule has 0 aromatic rings. The molecule has 7 atom stereocenters. The monoisotopic (exact) mass is 520 g/mol. The average molecular weight is 521 g/mol. The van der Waals surface area contributed by atoms with Crippen LogP contribution in [-0.2, 0) is 28.7 Å². The molecule has 0 aromatic heterocycles. The topological polar surface area (TPSA) is 107 Å². The zero-order valence-corrected chi connectivity index (χ0v) is 22.6. The van der Waals surface area contributed by atoms with Crippen LogP contribution in [0.15, 0.2) is 11.6 Å². The van der Waals surface area contributed by atoms with E-state index in [2.05, 4.69) is 19.6 Å². The van der Waals surface area contributed by atoms with E-state index in [0.717, 1.165) is 24.8 Å². The molecule has 0 spiro atoms. The Balaban J connectivity index is 1.68. The van der Waals surface area contributed by atoms with Crippen LogP contribution in [0, 0.1) is 28.6 Å². The zero-order chi connectivity index (χ0) is 26.3. The highest BCUT2D eigenvalue weighted by atomic mass is 32.1. The molecule has 0 bridgehead atoms. The Bertz CT molecular complexity index is 960. The van der Waals surface area contributed by atoms with Gasteiger partial charge >= 0.3 is 11.9 Å². The van der Waals surface area contributed by atoms with E-state index in [1.807, 2.05) is 13.8 Å². The van der Waals surface area contributed by atoms with Crippen LogP contribution >= 0.6 is 12.6 Å². The van der Waals surface area contributed by atoms with Gasteiger partial charge in [0, 0.05) is 24.0 Å². The number of hydrogen-bond acceptors (Lipinski definition) is 8. The molecule has 3 fully saturated rings. The summed E-state index contributed by atoms with van der Waals surface area (Å²) in [6.07, 6.45) is 6.25. The van der Waals surface area contributed by atoms with Crippen molar-refractivity contribution in [1.82, 2.24) is 0 Å². The van der Waals surface area contributed by atoms with E-state index in [-0.39, 0.29) is 41.8 Å². The van der Waals surface area contributed by atoms with E-state index in [9.17, 15) is 24.3 Å². The molecular formula is C28H40O7S. The first-order chi connectivity index (χ1) is 17.0. The van der Waals surface area contributed by atoms with Gasteiger partial charge < -0.3 is 14.6 Å². The molecule has 4 rings (SSSR count). The molecule has 8 heteroatoms. The molecule has 0 saturated heterocycles. The lowest BCUT2D eigenvalue weighted by atomic mass is 9.45. The predicted octanol–water partition coefficient (Wildman–Crippen LogP) is 4.00. The van der Waals surface area contributed by atoms with Crippen LogP contribution in [0.4, 0.5) is 0 Å². The number of carbonyl (C=O) groups excluding carboxylic acids is 4. The smallest absolute Gasteiger partial charge is 0.307 e. The molecule has 0 radical (unpaired) electrons. The molecule has 1 N–H and O–H groups in total. The van der Waals surface area contributed by atoms with Crippen molar-refractivity contribution in [3.8, 4) is 0 Å². The minimum atomic E-state index is -1.43. The Kier molecular flexibility index (Phi) is 7.78. The highest BCUT2D eigenvalue weighted by molar-refractivity contribution is 7.80. The van der Waals surface area contributed by atoms with Crippen LogP contribution in [0.25, 0.3) is 0 Å². The number of ether oxygens (including phenoxy) is 2. The number of aliphatic hydroxyl groups excluding tert-OH is 1. The lowest BCUT2D eigenvalue weighted by Gasteiger charge is -2.60. The fourth-order valence-corrected chi connectivity index (χ4v) is 8.42. The summed E-state index contributed by atoms with van der Waals surface area (Å²) in [4.78, 5) is 50.7. The summed E-state index contributed by atoms with van der Waals surface area (Å²) in [5.41, 5.74) is -1.30. The third kappa shape index (κ3) is 4.36. The number of allylic oxidation sites excluding steroid dienone is 1. The maximum atomic E-state index is 13.8. The SMILES string of the molecule is CCCC(=O)O[C@@]1(C(=O)COC(=O)CCS)CC[C@H]2[C@@H]3CCC4=CC(=O)CC[C@]4(C)[C@H]3[C@@H](O)C[C@@]21C. The molecule has 4 aliphatic carbocycles. The number of aliphatic hydroxyl groups is 1. The highest BCUT2D eigenvalue weighted by Gasteiger charge is 2.70. The van der Waals surface area contributed by atoms with Crippen LogP contribution in [0.1, 0.15) is 85.0 Å². The number of Topliss-reactive ketones (excluding diaryl/α,β-unsaturated/α-hetero) is 1. The lowest BCUT2D eigenvalue weighted by Crippen LogP contribution is -2.63. The quantitative estimate of drug-likeness (QED) is 0.368. The number of hydrogen-bond donors (Lipinski definition) is 2. The van der Waals surface area contributed by atoms with Gasteiger partial charge in [-0.05, 0) is 74.2 Å². The number of rotatable bonds is 8. The Hall–Kier alpha value is -1.67. The second-order valence-electron chi connectivity index (χ2n) is 11.7. The first-order valence-electron chi connectivity index (χ1n) is 13.5. The van der Waals surface area contributed by atoms with Crippen molar-refractivity contribution in [2.24, 2.45) is 28.6 Å². The number of carbonyl (C=O) groups is 4. The number of ketones is 2. The van der Waals surface area contributed by atoms with Gasteiger partial charge in [0.2, 0.25) is 5.78 Å². The number of esters is 2. The first kappa shape index (κ1) is 27.4. The third-order valence-electron chi connectivity index (χ3n) is 9.89. The summed E-state index contributed by atoms with van der Waals surface area (Å²) >= 11 is 4.04. The average Bonchev–Trinajstić information content (AvgIpc) is 3.10. The van der Waals surface area contributed by atoms with Gasteiger partial charge in [0.25, 0.3) is 0 Å². The molecule has 0 heterocycles. The normalized spacial score (nSPS) is 39.4. The molecule has 0 unspecified atom stereocenters. The number of fused-ring (bicyclic) bond motifs is 5. The summed E-state index contributed by atoms with van der Waals surface area (Å²) in [6, 6.07) is 0. The van der Waals surface area contributed by atoms with Crippen molar-refractivity contribution < 1.29 is 33.8 Å². The summed E-state index contributed by atoms with van der Waals surface area (Å²) in [5, 5.41) is 11.7. The summed E-state index contributed by atoms with van der Waals surface area (Å²) < 4.78 is 11.3. The highest BCUT2D eigenvalue weighted by Crippen LogP contribution is 2.68. The van der Waals surface area contributed by atoms with E-state index in [1.54, 1.807) is 6.08 Å². The van der Waals surface area contributed by atoms with Gasteiger partial charge in [0.1, 0.15) is 0 Å². The second kappa shape index (κ2) is 10.2. The van der Waals surface area contributed by atoms with Crippen molar-refractivity contribution in [2.75, 3.05) is 12.4 Å². The zero-order valence-electron chi connectivity index (χ0n) is 21.7. The summed E-state index contributed by atoms with van der Waals surface area (Å²) in [7, 11) is 0. The van der Waals surface area contributed by atoms with Crippen molar-refractivity contribution in [1.29, 1.82) is 0 Å². The van der Waals surface area contributed by atoms with Gasteiger partial charge in [0.05, 0.1) is 12.5 Å². The van der Waals surface area contributed by atoms with E-state index >= 15 is 0 Å². The van der Waals surface area contributed by atoms with E-state index in [0.29, 0.717) is 37.9 Å². The fraction of sp³-hybridized carbons (Fsp3) is 0.786. The van der Waals surface area contributed by atoms with Gasteiger partial charge in [-0.3, -0.25) is 19.2 Å². The van der Waals surface area contributed by atoms with Gasteiger partial charge in [-0.15, -0.1) is 0 Å². The van der Waals surface area contributed by atoms with Crippen molar-refractivity contribution in [3.05, 3.63) is 11.6 Å². The summed E-state index contributed by atoms with van der Waals surface area (Å²) in [6.45, 7) is 5.59. The predicted molar refractivity (Wildman–Crippen MR) is 136 cm³/mol. The minimum Gasteiger partial charge on any atom is -0.457 e. The second-order valence-corrected chi connectivity index (χ2v) is 12.2. The molecule has 200 valence electrons. The fourth-order valence-electron chi connectivity index (χ4n) is 8.23. The molecular weight excluding hydrogens is 480 g/mol. The van der Waals surface area contributed by atoms with E-state index < -0.39 is 41.4 Å². The Morgan fingerprint density at radius 1 is 1.11 bits per heavy atom. The maximum Gasteiger partial charge on any atom is 0.307 e. The minimum absolute atomic E-state index is 0.00543. The van der Waals surface area contributed by atoms with Crippen LogP contribution in [0.5, 0.6) is 0 Å². The van der Waals surface area contributed by atoms with E-state index in [1.165, 1.54) is 0 Å².